The van der Waals surface area contributed by atoms with Crippen LogP contribution in [0, 0.1) is 11.3 Å². The zero-order chi connectivity index (χ0) is 12.5. The fourth-order valence-electron chi connectivity index (χ4n) is 1.52. The van der Waals surface area contributed by atoms with E-state index in [2.05, 4.69) is 36.8 Å². The molecule has 2 aromatic heterocycles. The molecule has 0 radical (unpaired) electrons. The number of rotatable bonds is 1. The highest BCUT2D eigenvalue weighted by Crippen LogP contribution is 2.33. The second-order valence-electron chi connectivity index (χ2n) is 4.79. The number of hydrogen-bond acceptors (Lipinski definition) is 4. The summed E-state index contributed by atoms with van der Waals surface area (Å²) < 4.78 is 0. The number of nitrogens with zero attached hydrogens (tertiary/aromatic N) is 3. The highest BCUT2D eigenvalue weighted by Gasteiger charge is 2.23. The zero-order valence-electron chi connectivity index (χ0n) is 10.1. The van der Waals surface area contributed by atoms with Gasteiger partial charge in [-0.3, -0.25) is 4.98 Å². The van der Waals surface area contributed by atoms with Crippen LogP contribution in [0.25, 0.3) is 10.6 Å². The van der Waals surface area contributed by atoms with Crippen LogP contribution >= 0.6 is 11.3 Å². The van der Waals surface area contributed by atoms with Crippen molar-refractivity contribution >= 4 is 11.3 Å². The van der Waals surface area contributed by atoms with E-state index < -0.39 is 0 Å². The Morgan fingerprint density at radius 3 is 2.35 bits per heavy atom. The van der Waals surface area contributed by atoms with Crippen molar-refractivity contribution in [2.45, 2.75) is 26.2 Å². The SMILES string of the molecule is CC(C)(C)c1nc(-c2ccncc2)sc1C#N. The highest BCUT2D eigenvalue weighted by molar-refractivity contribution is 7.15. The Bertz CT molecular complexity index is 559. The molecule has 2 rings (SSSR count). The van der Waals surface area contributed by atoms with E-state index in [4.69, 9.17) is 5.26 Å². The van der Waals surface area contributed by atoms with Crippen LogP contribution in [0.4, 0.5) is 0 Å². The lowest BCUT2D eigenvalue weighted by atomic mass is 9.91. The third-order valence-electron chi connectivity index (χ3n) is 2.37. The van der Waals surface area contributed by atoms with E-state index in [1.54, 1.807) is 12.4 Å². The van der Waals surface area contributed by atoms with Gasteiger partial charge in [-0.2, -0.15) is 5.26 Å². The summed E-state index contributed by atoms with van der Waals surface area (Å²) in [6.45, 7) is 6.21. The first-order valence-electron chi connectivity index (χ1n) is 5.34. The van der Waals surface area contributed by atoms with Crippen LogP contribution in [0.2, 0.25) is 0 Å². The number of hydrogen-bond donors (Lipinski definition) is 0. The van der Waals surface area contributed by atoms with Crippen molar-refractivity contribution in [3.63, 3.8) is 0 Å². The summed E-state index contributed by atoms with van der Waals surface area (Å²) >= 11 is 1.44. The lowest BCUT2D eigenvalue weighted by Gasteiger charge is -2.15. The third kappa shape index (κ3) is 2.34. The Hall–Kier alpha value is -1.73. The average Bonchev–Trinajstić information content (AvgIpc) is 2.74. The molecule has 86 valence electrons. The number of thiazole rings is 1. The summed E-state index contributed by atoms with van der Waals surface area (Å²) in [5.74, 6) is 0. The van der Waals surface area contributed by atoms with Gasteiger partial charge >= 0.3 is 0 Å². The van der Waals surface area contributed by atoms with E-state index in [-0.39, 0.29) is 5.41 Å². The maximum atomic E-state index is 9.15. The Kier molecular flexibility index (Phi) is 2.95. The smallest absolute Gasteiger partial charge is 0.128 e. The lowest BCUT2D eigenvalue weighted by Crippen LogP contribution is -2.13. The first kappa shape index (κ1) is 11.7. The van der Waals surface area contributed by atoms with Gasteiger partial charge in [0, 0.05) is 23.4 Å². The Morgan fingerprint density at radius 1 is 1.24 bits per heavy atom. The van der Waals surface area contributed by atoms with E-state index in [1.807, 2.05) is 12.1 Å². The summed E-state index contributed by atoms with van der Waals surface area (Å²) in [6.07, 6.45) is 3.47. The molecule has 2 aromatic rings. The number of pyridine rings is 1. The molecular weight excluding hydrogens is 230 g/mol. The van der Waals surface area contributed by atoms with E-state index in [9.17, 15) is 0 Å². The summed E-state index contributed by atoms with van der Waals surface area (Å²) in [4.78, 5) is 9.27. The maximum absolute atomic E-state index is 9.15. The Balaban J connectivity index is 2.54. The first-order valence-corrected chi connectivity index (χ1v) is 6.16. The summed E-state index contributed by atoms with van der Waals surface area (Å²) in [6, 6.07) is 6.05. The maximum Gasteiger partial charge on any atom is 0.128 e. The number of nitriles is 1. The minimum Gasteiger partial charge on any atom is -0.265 e. The molecule has 0 aliphatic heterocycles. The molecule has 3 nitrogen and oxygen atoms in total. The van der Waals surface area contributed by atoms with Gasteiger partial charge in [0.1, 0.15) is 16.0 Å². The molecule has 0 aliphatic carbocycles. The molecule has 0 aliphatic rings. The van der Waals surface area contributed by atoms with Crippen LogP contribution in [0.3, 0.4) is 0 Å². The molecular formula is C13H13N3S. The van der Waals surface area contributed by atoms with Gasteiger partial charge in [0.25, 0.3) is 0 Å². The largest absolute Gasteiger partial charge is 0.265 e. The van der Waals surface area contributed by atoms with Crippen LogP contribution in [-0.4, -0.2) is 9.97 Å². The van der Waals surface area contributed by atoms with Crippen molar-refractivity contribution in [1.82, 2.24) is 9.97 Å². The van der Waals surface area contributed by atoms with Crippen molar-refractivity contribution in [2.75, 3.05) is 0 Å². The second kappa shape index (κ2) is 4.27. The topological polar surface area (TPSA) is 49.6 Å². The minimum atomic E-state index is -0.104. The zero-order valence-corrected chi connectivity index (χ0v) is 10.9. The molecule has 0 bridgehead atoms. The van der Waals surface area contributed by atoms with Gasteiger partial charge in [-0.05, 0) is 12.1 Å². The fourth-order valence-corrected chi connectivity index (χ4v) is 2.60. The van der Waals surface area contributed by atoms with Gasteiger partial charge in [-0.25, -0.2) is 4.98 Å². The molecule has 0 aromatic carbocycles. The standard InChI is InChI=1S/C13H13N3S/c1-13(2,3)11-10(8-14)17-12(16-11)9-4-6-15-7-5-9/h4-7H,1-3H3. The number of aromatic nitrogens is 2. The normalized spacial score (nSPS) is 11.2. The van der Waals surface area contributed by atoms with E-state index in [0.717, 1.165) is 16.3 Å². The van der Waals surface area contributed by atoms with Crippen LogP contribution in [0.5, 0.6) is 0 Å². The third-order valence-corrected chi connectivity index (χ3v) is 3.38. The molecule has 0 amide bonds. The average molecular weight is 243 g/mol. The monoisotopic (exact) mass is 243 g/mol. The quantitative estimate of drug-likeness (QED) is 0.771. The molecule has 4 heteroatoms. The lowest BCUT2D eigenvalue weighted by molar-refractivity contribution is 0.572. The van der Waals surface area contributed by atoms with Crippen molar-refractivity contribution in [1.29, 1.82) is 5.26 Å². The van der Waals surface area contributed by atoms with E-state index >= 15 is 0 Å². The molecule has 0 saturated carbocycles. The predicted octanol–water partition coefficient (Wildman–Crippen LogP) is 3.37. The molecule has 0 spiro atoms. The Morgan fingerprint density at radius 2 is 1.88 bits per heavy atom. The molecule has 17 heavy (non-hydrogen) atoms. The molecule has 0 fully saturated rings. The molecule has 0 N–H and O–H groups in total. The highest BCUT2D eigenvalue weighted by atomic mass is 32.1. The molecule has 0 unspecified atom stereocenters. The van der Waals surface area contributed by atoms with Gasteiger partial charge in [0.2, 0.25) is 0 Å². The molecule has 0 atom stereocenters. The van der Waals surface area contributed by atoms with Gasteiger partial charge in [-0.1, -0.05) is 20.8 Å². The van der Waals surface area contributed by atoms with Crippen molar-refractivity contribution in [2.24, 2.45) is 0 Å². The summed E-state index contributed by atoms with van der Waals surface area (Å²) in [7, 11) is 0. The fraction of sp³-hybridized carbons (Fsp3) is 0.308. The Labute approximate surface area is 105 Å². The summed E-state index contributed by atoms with van der Waals surface area (Å²) in [5, 5.41) is 10.0. The van der Waals surface area contributed by atoms with Crippen molar-refractivity contribution in [3.8, 4) is 16.6 Å². The van der Waals surface area contributed by atoms with Gasteiger partial charge in [0.05, 0.1) is 5.69 Å². The minimum absolute atomic E-state index is 0.104. The summed E-state index contributed by atoms with van der Waals surface area (Å²) in [5.41, 5.74) is 1.78. The second-order valence-corrected chi connectivity index (χ2v) is 5.79. The van der Waals surface area contributed by atoms with Crippen LogP contribution in [0.15, 0.2) is 24.5 Å². The predicted molar refractivity (Wildman–Crippen MR) is 68.8 cm³/mol. The van der Waals surface area contributed by atoms with Gasteiger partial charge in [-0.15, -0.1) is 11.3 Å². The van der Waals surface area contributed by atoms with Crippen LogP contribution in [0.1, 0.15) is 31.3 Å². The van der Waals surface area contributed by atoms with Crippen LogP contribution in [-0.2, 0) is 5.41 Å². The van der Waals surface area contributed by atoms with E-state index in [1.165, 1.54) is 11.3 Å². The van der Waals surface area contributed by atoms with Crippen molar-refractivity contribution in [3.05, 3.63) is 35.1 Å². The van der Waals surface area contributed by atoms with Crippen LogP contribution < -0.4 is 0 Å². The first-order chi connectivity index (χ1) is 8.02. The molecule has 2 heterocycles. The van der Waals surface area contributed by atoms with E-state index in [0.29, 0.717) is 4.88 Å². The molecule has 0 saturated heterocycles. The van der Waals surface area contributed by atoms with Gasteiger partial charge in [0.15, 0.2) is 0 Å². The van der Waals surface area contributed by atoms with Crippen molar-refractivity contribution < 1.29 is 0 Å². The van der Waals surface area contributed by atoms with Gasteiger partial charge < -0.3 is 0 Å².